The van der Waals surface area contributed by atoms with Crippen molar-refractivity contribution in [1.29, 1.82) is 0 Å². The molecule has 1 aromatic heterocycles. The van der Waals surface area contributed by atoms with Crippen LogP contribution in [0.2, 0.25) is 0 Å². The first-order valence-corrected chi connectivity index (χ1v) is 9.60. The van der Waals surface area contributed by atoms with Gasteiger partial charge in [0.25, 0.3) is 0 Å². The number of aromatic hydroxyl groups is 2. The fourth-order valence-corrected chi connectivity index (χ4v) is 3.55. The molecule has 0 saturated heterocycles. The maximum Gasteiger partial charge on any atom is 0.409 e. The molecular weight excluding hydrogens is 402 g/mol. The molecular formula is C22H21N3O6. The lowest BCUT2D eigenvalue weighted by molar-refractivity contribution is 0.114. The summed E-state index contributed by atoms with van der Waals surface area (Å²) < 4.78 is 11.3. The minimum Gasteiger partial charge on any atom is -0.492 e. The van der Waals surface area contributed by atoms with Crippen molar-refractivity contribution < 1.29 is 29.3 Å². The van der Waals surface area contributed by atoms with E-state index >= 15 is 0 Å². The summed E-state index contributed by atoms with van der Waals surface area (Å²) in [4.78, 5) is 20.3. The third-order valence-electron chi connectivity index (χ3n) is 4.88. The van der Waals surface area contributed by atoms with E-state index in [-0.39, 0.29) is 43.5 Å². The second kappa shape index (κ2) is 8.70. The van der Waals surface area contributed by atoms with Crippen LogP contribution in [0.3, 0.4) is 0 Å². The standard InChI is InChI=1S/C22H21N3O6/c23-21(28)29-12-11-24-22(31-25-19(26)9-10-20(25)27)30-13-18-16-7-3-1-5-14(16)15-6-2-4-8-17(15)18/h1-10,18,26-27H,11-13H2,(H2,23,28). The Hall–Kier alpha value is -4.14. The molecule has 2 aromatic carbocycles. The van der Waals surface area contributed by atoms with Gasteiger partial charge in [0.1, 0.15) is 13.2 Å². The molecule has 31 heavy (non-hydrogen) atoms. The molecule has 0 unspecified atom stereocenters. The number of hydrogen-bond donors (Lipinski definition) is 3. The number of nitrogens with two attached hydrogens (primary N) is 1. The van der Waals surface area contributed by atoms with Crippen LogP contribution in [0.1, 0.15) is 17.0 Å². The van der Waals surface area contributed by atoms with Gasteiger partial charge in [-0.15, -0.1) is 4.73 Å². The van der Waals surface area contributed by atoms with Crippen LogP contribution < -0.4 is 10.6 Å². The Morgan fingerprint density at radius 2 is 1.52 bits per heavy atom. The maximum absolute atomic E-state index is 10.7. The van der Waals surface area contributed by atoms with Crippen LogP contribution in [0, 0.1) is 0 Å². The zero-order valence-corrected chi connectivity index (χ0v) is 16.5. The number of hydrogen-bond acceptors (Lipinski definition) is 7. The van der Waals surface area contributed by atoms with Crippen molar-refractivity contribution in [3.8, 4) is 22.9 Å². The van der Waals surface area contributed by atoms with Crippen molar-refractivity contribution in [2.75, 3.05) is 19.8 Å². The molecule has 0 bridgehead atoms. The Morgan fingerprint density at radius 1 is 0.935 bits per heavy atom. The topological polar surface area (TPSA) is 129 Å². The SMILES string of the molecule is NC(=O)OCCN=C(OCC1c2ccccc2-c2ccccc21)On1c(O)ccc1O. The highest BCUT2D eigenvalue weighted by Gasteiger charge is 2.29. The molecule has 0 spiro atoms. The number of amides is 1. The molecule has 4 N–H and O–H groups in total. The predicted molar refractivity (Wildman–Crippen MR) is 112 cm³/mol. The first-order chi connectivity index (χ1) is 15.0. The van der Waals surface area contributed by atoms with Crippen LogP contribution in [0.25, 0.3) is 11.1 Å². The molecule has 0 saturated carbocycles. The third-order valence-corrected chi connectivity index (χ3v) is 4.88. The number of fused-ring (bicyclic) bond motifs is 3. The highest BCUT2D eigenvalue weighted by atomic mass is 16.8. The van der Waals surface area contributed by atoms with Gasteiger partial charge >= 0.3 is 12.2 Å². The number of aliphatic imine (C=N–C) groups is 1. The van der Waals surface area contributed by atoms with E-state index in [2.05, 4.69) is 21.9 Å². The maximum atomic E-state index is 10.7. The highest BCUT2D eigenvalue weighted by molar-refractivity contribution is 5.79. The normalized spacial score (nSPS) is 12.8. The average molecular weight is 423 g/mol. The lowest BCUT2D eigenvalue weighted by Crippen LogP contribution is -2.25. The van der Waals surface area contributed by atoms with Gasteiger partial charge in [-0.05, 0) is 22.3 Å². The van der Waals surface area contributed by atoms with E-state index in [1.54, 1.807) is 0 Å². The second-order valence-corrected chi connectivity index (χ2v) is 6.79. The van der Waals surface area contributed by atoms with Crippen LogP contribution in [0.5, 0.6) is 11.8 Å². The first-order valence-electron chi connectivity index (χ1n) is 9.60. The highest BCUT2D eigenvalue weighted by Crippen LogP contribution is 2.44. The van der Waals surface area contributed by atoms with Crippen molar-refractivity contribution in [1.82, 2.24) is 4.73 Å². The lowest BCUT2D eigenvalue weighted by atomic mass is 9.98. The predicted octanol–water partition coefficient (Wildman–Crippen LogP) is 2.61. The average Bonchev–Trinajstić information content (AvgIpc) is 3.26. The van der Waals surface area contributed by atoms with Gasteiger partial charge in [0.15, 0.2) is 0 Å². The number of carbonyl (C=O) groups is 1. The summed E-state index contributed by atoms with van der Waals surface area (Å²) in [6, 6.07) is 18.7. The molecule has 1 aliphatic carbocycles. The van der Waals surface area contributed by atoms with Gasteiger partial charge < -0.3 is 30.3 Å². The number of primary amides is 1. The van der Waals surface area contributed by atoms with Crippen molar-refractivity contribution in [2.45, 2.75) is 5.92 Å². The minimum atomic E-state index is -0.918. The molecule has 0 atom stereocenters. The lowest BCUT2D eigenvalue weighted by Gasteiger charge is -2.16. The molecule has 9 heteroatoms. The zero-order valence-electron chi connectivity index (χ0n) is 16.5. The van der Waals surface area contributed by atoms with E-state index in [0.717, 1.165) is 27.0 Å². The smallest absolute Gasteiger partial charge is 0.409 e. The van der Waals surface area contributed by atoms with Gasteiger partial charge in [-0.25, -0.2) is 9.79 Å². The molecule has 4 rings (SSSR count). The Balaban J connectivity index is 1.54. The van der Waals surface area contributed by atoms with Crippen LogP contribution in [-0.2, 0) is 9.47 Å². The van der Waals surface area contributed by atoms with E-state index in [1.807, 2.05) is 36.4 Å². The van der Waals surface area contributed by atoms with Gasteiger partial charge in [0.05, 0.1) is 6.54 Å². The van der Waals surface area contributed by atoms with Crippen LogP contribution in [0.4, 0.5) is 4.79 Å². The van der Waals surface area contributed by atoms with Crippen molar-refractivity contribution in [3.05, 3.63) is 71.8 Å². The largest absolute Gasteiger partial charge is 0.492 e. The number of carbonyl (C=O) groups excluding carboxylic acids is 1. The van der Waals surface area contributed by atoms with Crippen LogP contribution >= 0.6 is 0 Å². The zero-order chi connectivity index (χ0) is 21.8. The van der Waals surface area contributed by atoms with Gasteiger partial charge in [-0.1, -0.05) is 48.5 Å². The van der Waals surface area contributed by atoms with E-state index in [4.69, 9.17) is 15.3 Å². The minimum absolute atomic E-state index is 0.0128. The summed E-state index contributed by atoms with van der Waals surface area (Å²) in [5.41, 5.74) is 9.46. The number of aromatic nitrogens is 1. The first kappa shape index (κ1) is 20.1. The summed E-state index contributed by atoms with van der Waals surface area (Å²) >= 11 is 0. The number of ether oxygens (including phenoxy) is 2. The van der Waals surface area contributed by atoms with Crippen LogP contribution in [-0.4, -0.2) is 46.9 Å². The number of nitrogens with zero attached hydrogens (tertiary/aromatic N) is 2. The monoisotopic (exact) mass is 423 g/mol. The third kappa shape index (κ3) is 4.25. The molecule has 1 amide bonds. The molecule has 0 aliphatic heterocycles. The van der Waals surface area contributed by atoms with E-state index in [1.165, 1.54) is 12.1 Å². The van der Waals surface area contributed by atoms with Crippen LogP contribution in [0.15, 0.2) is 65.7 Å². The van der Waals surface area contributed by atoms with Gasteiger partial charge in [-0.3, -0.25) is 0 Å². The second-order valence-electron chi connectivity index (χ2n) is 6.79. The van der Waals surface area contributed by atoms with Crippen molar-refractivity contribution >= 4 is 12.2 Å². The molecule has 0 fully saturated rings. The van der Waals surface area contributed by atoms with E-state index in [9.17, 15) is 15.0 Å². The molecule has 160 valence electrons. The summed E-state index contributed by atoms with van der Waals surface area (Å²) in [5, 5.41) is 19.7. The molecule has 0 radical (unpaired) electrons. The van der Waals surface area contributed by atoms with E-state index in [0.29, 0.717) is 0 Å². The summed E-state index contributed by atoms with van der Waals surface area (Å²) in [7, 11) is 0. The number of benzene rings is 2. The van der Waals surface area contributed by atoms with Crippen molar-refractivity contribution in [2.24, 2.45) is 10.7 Å². The Labute approximate surface area is 177 Å². The van der Waals surface area contributed by atoms with Gasteiger partial charge in [-0.2, -0.15) is 0 Å². The Kier molecular flexibility index (Phi) is 5.65. The molecule has 9 nitrogen and oxygen atoms in total. The van der Waals surface area contributed by atoms with Gasteiger partial charge in [0, 0.05) is 18.1 Å². The Bertz CT molecular complexity index is 1060. The summed E-state index contributed by atoms with van der Waals surface area (Å²) in [5.74, 6) is -0.729. The number of rotatable bonds is 6. The molecule has 3 aromatic rings. The molecule has 1 heterocycles. The van der Waals surface area contributed by atoms with Gasteiger partial charge in [0.2, 0.25) is 11.8 Å². The molecule has 1 aliphatic rings. The fraction of sp³-hybridized carbons (Fsp3) is 0.182. The van der Waals surface area contributed by atoms with E-state index < -0.39 is 6.09 Å². The summed E-state index contributed by atoms with van der Waals surface area (Å²) in [6.45, 7) is 0.134. The fourth-order valence-electron chi connectivity index (χ4n) is 3.55. The quantitative estimate of drug-likeness (QED) is 0.318. The Morgan fingerprint density at radius 3 is 2.10 bits per heavy atom. The summed E-state index contributed by atoms with van der Waals surface area (Å²) in [6.07, 6.45) is -1.13. The van der Waals surface area contributed by atoms with Crippen molar-refractivity contribution in [3.63, 3.8) is 0 Å².